The van der Waals surface area contributed by atoms with E-state index in [1.54, 1.807) is 0 Å². The Morgan fingerprint density at radius 3 is 1.51 bits per heavy atom. The minimum atomic E-state index is 1.06. The summed E-state index contributed by atoms with van der Waals surface area (Å²) in [5.74, 6) is 0. The molecule has 0 saturated heterocycles. The van der Waals surface area contributed by atoms with Gasteiger partial charge in [-0.25, -0.2) is 0 Å². The minimum absolute atomic E-state index is 1.06. The zero-order valence-corrected chi connectivity index (χ0v) is 35.3. The Bertz CT molecular complexity index is 3630. The van der Waals surface area contributed by atoms with Crippen molar-refractivity contribution in [3.05, 3.63) is 243 Å². The largest absolute Gasteiger partial charge is 0.317 e. The summed E-state index contributed by atoms with van der Waals surface area (Å²) in [6.45, 7) is 4.30. The van der Waals surface area contributed by atoms with Crippen molar-refractivity contribution < 1.29 is 0 Å². The molecule has 12 aromatic rings. The number of hydrogen-bond donors (Lipinski definition) is 0. The summed E-state index contributed by atoms with van der Waals surface area (Å²) in [6, 6.07) is 74.9. The Labute approximate surface area is 370 Å². The SMILES string of the molecule is C=C/C(=C\C=C\N(c1ccc(-c2ccc(-c3ccccc3)cc2)cc1)c1ccc(-c2ccc3c(c2)sc2ccccc23)cc1)c1cc2c3ccccc3n3c4ccccc4c(c1)c23. The first-order valence-electron chi connectivity index (χ1n) is 21.4. The van der Waals surface area contributed by atoms with Crippen LogP contribution in [-0.4, -0.2) is 4.40 Å². The number of benzene rings is 9. The van der Waals surface area contributed by atoms with Crippen molar-refractivity contribution in [2.24, 2.45) is 0 Å². The third-order valence-corrected chi connectivity index (χ3v) is 13.7. The van der Waals surface area contributed by atoms with Gasteiger partial charge in [0.15, 0.2) is 0 Å². The maximum Gasteiger partial charge on any atom is 0.0620 e. The van der Waals surface area contributed by atoms with Gasteiger partial charge in [0.25, 0.3) is 0 Å². The highest BCUT2D eigenvalue weighted by molar-refractivity contribution is 7.25. The number of allylic oxidation sites excluding steroid dienone is 4. The molecule has 0 bridgehead atoms. The fraction of sp³-hybridized carbons (Fsp3) is 0. The predicted octanol–water partition coefficient (Wildman–Crippen LogP) is 17.1. The van der Waals surface area contributed by atoms with Crippen molar-refractivity contribution in [3.8, 4) is 33.4 Å². The molecule has 0 fully saturated rings. The number of nitrogens with zero attached hydrogens (tertiary/aromatic N) is 2. The molecule has 3 heterocycles. The Morgan fingerprint density at radius 1 is 0.429 bits per heavy atom. The maximum atomic E-state index is 4.30. The van der Waals surface area contributed by atoms with Crippen LogP contribution in [0.4, 0.5) is 11.4 Å². The zero-order chi connectivity index (χ0) is 41.9. The van der Waals surface area contributed by atoms with Crippen LogP contribution in [0.1, 0.15) is 5.56 Å². The van der Waals surface area contributed by atoms with Crippen LogP contribution in [0.5, 0.6) is 0 Å². The van der Waals surface area contributed by atoms with E-state index in [1.165, 1.54) is 91.6 Å². The molecule has 3 heteroatoms. The average Bonchev–Trinajstić information content (AvgIpc) is 4.01. The third kappa shape index (κ3) is 6.33. The van der Waals surface area contributed by atoms with Crippen molar-refractivity contribution in [2.45, 2.75) is 0 Å². The molecule has 63 heavy (non-hydrogen) atoms. The second-order valence-electron chi connectivity index (χ2n) is 16.2. The van der Waals surface area contributed by atoms with E-state index in [-0.39, 0.29) is 0 Å². The summed E-state index contributed by atoms with van der Waals surface area (Å²) >= 11 is 1.86. The Balaban J connectivity index is 0.913. The topological polar surface area (TPSA) is 7.65 Å². The number of anilines is 2. The lowest BCUT2D eigenvalue weighted by Crippen LogP contribution is -2.08. The summed E-state index contributed by atoms with van der Waals surface area (Å²) in [5.41, 5.74) is 15.3. The smallest absolute Gasteiger partial charge is 0.0620 e. The van der Waals surface area contributed by atoms with Crippen LogP contribution >= 0.6 is 11.3 Å². The molecule has 9 aromatic carbocycles. The molecule has 296 valence electrons. The van der Waals surface area contributed by atoms with Gasteiger partial charge in [-0.15, -0.1) is 11.3 Å². The standard InChI is InChI=1S/C60H40N2S/c1-2-40(47-37-54-50-16-6-9-19-56(50)62-57-20-10-7-17-51(57)55(38-47)60(54)62)15-12-36-61(48-31-26-44(27-32-48)43-24-22-42(23-25-43)41-13-4-3-5-14-41)49-33-28-45(29-34-49)46-30-35-53-52-18-8-11-21-58(52)63-59(53)39-46/h2-39H,1H2/b36-12+,40-15+. The van der Waals surface area contributed by atoms with Crippen molar-refractivity contribution in [1.29, 1.82) is 0 Å². The highest BCUT2D eigenvalue weighted by Gasteiger charge is 2.18. The van der Waals surface area contributed by atoms with E-state index in [2.05, 4.69) is 240 Å². The summed E-state index contributed by atoms with van der Waals surface area (Å²) < 4.78 is 5.06. The number of thiophene rings is 1. The van der Waals surface area contributed by atoms with Gasteiger partial charge in [-0.3, -0.25) is 0 Å². The highest BCUT2D eigenvalue weighted by Crippen LogP contribution is 2.42. The number of para-hydroxylation sites is 2. The van der Waals surface area contributed by atoms with Crippen molar-refractivity contribution in [3.63, 3.8) is 0 Å². The molecule has 0 aliphatic rings. The van der Waals surface area contributed by atoms with Gasteiger partial charge < -0.3 is 9.30 Å². The molecule has 0 spiro atoms. The monoisotopic (exact) mass is 820 g/mol. The fourth-order valence-electron chi connectivity index (χ4n) is 9.47. The lowest BCUT2D eigenvalue weighted by Gasteiger charge is -2.22. The molecule has 0 unspecified atom stereocenters. The molecule has 2 nitrogen and oxygen atoms in total. The molecule has 0 atom stereocenters. The number of aromatic nitrogens is 1. The molecular weight excluding hydrogens is 781 g/mol. The van der Waals surface area contributed by atoms with Gasteiger partial charge >= 0.3 is 0 Å². The van der Waals surface area contributed by atoms with Crippen molar-refractivity contribution in [2.75, 3.05) is 4.90 Å². The Kier molecular flexibility index (Phi) is 8.88. The first-order chi connectivity index (χ1) is 31.2. The van der Waals surface area contributed by atoms with Gasteiger partial charge in [0.05, 0.1) is 16.6 Å². The lowest BCUT2D eigenvalue weighted by atomic mass is 9.99. The first kappa shape index (κ1) is 36.8. The molecule has 0 aliphatic carbocycles. The Morgan fingerprint density at radius 2 is 0.905 bits per heavy atom. The molecular formula is C60H40N2S. The summed E-state index contributed by atoms with van der Waals surface area (Å²) in [4.78, 5) is 2.27. The number of rotatable bonds is 9. The molecule has 0 amide bonds. The second-order valence-corrected chi connectivity index (χ2v) is 17.3. The van der Waals surface area contributed by atoms with E-state index in [9.17, 15) is 0 Å². The molecule has 12 rings (SSSR count). The van der Waals surface area contributed by atoms with Gasteiger partial charge in [0.2, 0.25) is 0 Å². The van der Waals surface area contributed by atoms with E-state index >= 15 is 0 Å². The van der Waals surface area contributed by atoms with Gasteiger partial charge in [-0.1, -0.05) is 164 Å². The van der Waals surface area contributed by atoms with Crippen LogP contribution in [0.3, 0.4) is 0 Å². The van der Waals surface area contributed by atoms with Gasteiger partial charge in [0, 0.05) is 59.3 Å². The van der Waals surface area contributed by atoms with E-state index in [4.69, 9.17) is 0 Å². The van der Waals surface area contributed by atoms with Crippen LogP contribution in [0.15, 0.2) is 237 Å². The van der Waals surface area contributed by atoms with E-state index in [0.717, 1.165) is 22.5 Å². The molecule has 0 saturated carbocycles. The summed E-state index contributed by atoms with van der Waals surface area (Å²) in [5, 5.41) is 7.68. The highest BCUT2D eigenvalue weighted by atomic mass is 32.1. The van der Waals surface area contributed by atoms with E-state index in [0.29, 0.717) is 0 Å². The summed E-state index contributed by atoms with van der Waals surface area (Å²) in [6.07, 6.45) is 8.48. The second kappa shape index (κ2) is 15.2. The lowest BCUT2D eigenvalue weighted by molar-refractivity contribution is 1.28. The fourth-order valence-corrected chi connectivity index (χ4v) is 10.6. The summed E-state index contributed by atoms with van der Waals surface area (Å²) in [7, 11) is 0. The van der Waals surface area contributed by atoms with Gasteiger partial charge in [-0.05, 0) is 111 Å². The third-order valence-electron chi connectivity index (χ3n) is 12.6. The van der Waals surface area contributed by atoms with E-state index < -0.39 is 0 Å². The molecule has 0 aliphatic heterocycles. The average molecular weight is 821 g/mol. The van der Waals surface area contributed by atoms with Crippen LogP contribution in [0, 0.1) is 0 Å². The quantitative estimate of drug-likeness (QED) is 0.132. The number of hydrogen-bond acceptors (Lipinski definition) is 2. The van der Waals surface area contributed by atoms with Gasteiger partial charge in [0.1, 0.15) is 0 Å². The normalized spacial score (nSPS) is 12.2. The van der Waals surface area contributed by atoms with Crippen LogP contribution < -0.4 is 4.90 Å². The first-order valence-corrected chi connectivity index (χ1v) is 22.3. The number of fused-ring (bicyclic) bond motifs is 9. The minimum Gasteiger partial charge on any atom is -0.317 e. The molecule has 0 N–H and O–H groups in total. The molecule has 3 aromatic heterocycles. The molecule has 0 radical (unpaired) electrons. The predicted molar refractivity (Wildman–Crippen MR) is 273 cm³/mol. The Hall–Kier alpha value is -7.98. The van der Waals surface area contributed by atoms with E-state index in [1.807, 2.05) is 17.4 Å². The van der Waals surface area contributed by atoms with Crippen LogP contribution in [0.2, 0.25) is 0 Å². The zero-order valence-electron chi connectivity index (χ0n) is 34.4. The van der Waals surface area contributed by atoms with Crippen LogP contribution in [-0.2, 0) is 0 Å². The van der Waals surface area contributed by atoms with Crippen molar-refractivity contribution in [1.82, 2.24) is 4.40 Å². The maximum absolute atomic E-state index is 4.30. The van der Waals surface area contributed by atoms with Crippen molar-refractivity contribution >= 4 is 86.6 Å². The van der Waals surface area contributed by atoms with Crippen LogP contribution in [0.25, 0.3) is 97.2 Å². The van der Waals surface area contributed by atoms with Gasteiger partial charge in [-0.2, -0.15) is 0 Å².